The Labute approximate surface area is 83.7 Å². The molecule has 0 fully saturated rings. The topological polar surface area (TPSA) is 84.0 Å². The number of rotatable bonds is 3. The van der Waals surface area contributed by atoms with E-state index in [4.69, 9.17) is 11.1 Å². The summed E-state index contributed by atoms with van der Waals surface area (Å²) in [5, 5.41) is 6.87. The predicted octanol–water partition coefficient (Wildman–Crippen LogP) is 0.826. The van der Waals surface area contributed by atoms with Gasteiger partial charge in [0.05, 0.1) is 10.5 Å². The van der Waals surface area contributed by atoms with E-state index in [2.05, 4.69) is 0 Å². The maximum atomic E-state index is 11.5. The van der Waals surface area contributed by atoms with E-state index < -0.39 is 14.6 Å². The van der Waals surface area contributed by atoms with Crippen LogP contribution in [-0.4, -0.2) is 29.8 Å². The number of amidine groups is 1. The first-order chi connectivity index (χ1) is 5.67. The molecular formula is C7H16N2O2S2. The average molecular weight is 224 g/mol. The summed E-state index contributed by atoms with van der Waals surface area (Å²) < 4.78 is 22.3. The summed E-state index contributed by atoms with van der Waals surface area (Å²) in [5.74, 6) is 0.426. The van der Waals surface area contributed by atoms with E-state index >= 15 is 0 Å². The van der Waals surface area contributed by atoms with Crippen LogP contribution in [0.1, 0.15) is 20.8 Å². The summed E-state index contributed by atoms with van der Waals surface area (Å²) in [5.41, 5.74) is 5.08. The first-order valence-corrected chi connectivity index (χ1v) is 6.50. The normalized spacial score (nSPS) is 12.8. The lowest BCUT2D eigenvalue weighted by Crippen LogP contribution is -2.31. The van der Waals surface area contributed by atoms with Crippen LogP contribution in [0.4, 0.5) is 0 Å². The van der Waals surface area contributed by atoms with Crippen molar-refractivity contribution in [2.45, 2.75) is 25.5 Å². The molecule has 78 valence electrons. The average Bonchev–Trinajstić information content (AvgIpc) is 1.82. The van der Waals surface area contributed by atoms with Gasteiger partial charge in [-0.2, -0.15) is 0 Å². The second kappa shape index (κ2) is 4.32. The summed E-state index contributed by atoms with van der Waals surface area (Å²) in [6.45, 7) is 5.00. The van der Waals surface area contributed by atoms with Gasteiger partial charge in [-0.15, -0.1) is 0 Å². The van der Waals surface area contributed by atoms with Crippen molar-refractivity contribution in [3.05, 3.63) is 0 Å². The van der Waals surface area contributed by atoms with Gasteiger partial charge in [0, 0.05) is 5.75 Å². The molecule has 0 aromatic heterocycles. The van der Waals surface area contributed by atoms with Crippen LogP contribution in [0.3, 0.4) is 0 Å². The van der Waals surface area contributed by atoms with Crippen LogP contribution >= 0.6 is 11.8 Å². The molecule has 0 aromatic rings. The summed E-state index contributed by atoms with van der Waals surface area (Å²) in [6, 6.07) is 0. The van der Waals surface area contributed by atoms with Crippen molar-refractivity contribution in [1.82, 2.24) is 0 Å². The van der Waals surface area contributed by atoms with E-state index in [-0.39, 0.29) is 10.9 Å². The molecule has 0 radical (unpaired) electrons. The van der Waals surface area contributed by atoms with Gasteiger partial charge in [0.1, 0.15) is 0 Å². The molecule has 0 aromatic carbocycles. The zero-order valence-electron chi connectivity index (χ0n) is 8.12. The molecule has 3 N–H and O–H groups in total. The standard InChI is InChI=1S/C7H16N2O2S2/c1-7(2,3)13(10,11)5-4-12-6(8)9/h4-5H2,1-3H3,(H3,8,9). The van der Waals surface area contributed by atoms with Gasteiger partial charge in [-0.3, -0.25) is 5.41 Å². The van der Waals surface area contributed by atoms with Gasteiger partial charge in [0.25, 0.3) is 0 Å². The fourth-order valence-electron chi connectivity index (χ4n) is 0.568. The fourth-order valence-corrected chi connectivity index (χ4v) is 2.61. The molecule has 0 saturated heterocycles. The van der Waals surface area contributed by atoms with E-state index in [1.165, 1.54) is 0 Å². The Morgan fingerprint density at radius 2 is 1.92 bits per heavy atom. The first kappa shape index (κ1) is 12.8. The zero-order chi connectivity index (χ0) is 10.7. The molecular weight excluding hydrogens is 208 g/mol. The Kier molecular flexibility index (Phi) is 4.25. The Morgan fingerprint density at radius 1 is 1.46 bits per heavy atom. The van der Waals surface area contributed by atoms with Crippen molar-refractivity contribution >= 4 is 26.8 Å². The van der Waals surface area contributed by atoms with Crippen LogP contribution in [0.25, 0.3) is 0 Å². The highest BCUT2D eigenvalue weighted by Gasteiger charge is 2.28. The molecule has 0 rings (SSSR count). The highest BCUT2D eigenvalue weighted by Crippen LogP contribution is 2.17. The van der Waals surface area contributed by atoms with Crippen LogP contribution in [0.2, 0.25) is 0 Å². The summed E-state index contributed by atoms with van der Waals surface area (Å²) >= 11 is 1.06. The lowest BCUT2D eigenvalue weighted by Gasteiger charge is -2.18. The van der Waals surface area contributed by atoms with E-state index in [0.29, 0.717) is 5.75 Å². The number of nitrogens with two attached hydrogens (primary N) is 1. The molecule has 0 spiro atoms. The van der Waals surface area contributed by atoms with Gasteiger partial charge in [-0.05, 0) is 20.8 Å². The highest BCUT2D eigenvalue weighted by atomic mass is 32.2. The van der Waals surface area contributed by atoms with E-state index in [1.54, 1.807) is 20.8 Å². The van der Waals surface area contributed by atoms with Gasteiger partial charge >= 0.3 is 0 Å². The summed E-state index contributed by atoms with van der Waals surface area (Å²) in [4.78, 5) is 0. The molecule has 0 saturated carbocycles. The molecule has 0 atom stereocenters. The lowest BCUT2D eigenvalue weighted by atomic mass is 10.3. The maximum Gasteiger partial charge on any atom is 0.156 e. The molecule has 13 heavy (non-hydrogen) atoms. The van der Waals surface area contributed by atoms with Crippen LogP contribution in [0.15, 0.2) is 0 Å². The van der Waals surface area contributed by atoms with E-state index in [9.17, 15) is 8.42 Å². The molecule has 0 bridgehead atoms. The number of thioether (sulfide) groups is 1. The van der Waals surface area contributed by atoms with Gasteiger partial charge < -0.3 is 5.73 Å². The van der Waals surface area contributed by atoms with Crippen LogP contribution in [-0.2, 0) is 9.84 Å². The molecule has 6 heteroatoms. The minimum absolute atomic E-state index is 0.0379. The minimum Gasteiger partial charge on any atom is -0.379 e. The Hall–Kier alpha value is -0.230. The molecule has 0 aliphatic carbocycles. The monoisotopic (exact) mass is 224 g/mol. The Morgan fingerprint density at radius 3 is 2.23 bits per heavy atom. The number of hydrogen-bond acceptors (Lipinski definition) is 4. The molecule has 0 unspecified atom stereocenters. The first-order valence-electron chi connectivity index (χ1n) is 3.86. The Balaban J connectivity index is 4.15. The van der Waals surface area contributed by atoms with Gasteiger partial charge in [0.15, 0.2) is 15.0 Å². The van der Waals surface area contributed by atoms with Crippen molar-refractivity contribution in [2.75, 3.05) is 11.5 Å². The van der Waals surface area contributed by atoms with Crippen LogP contribution < -0.4 is 5.73 Å². The third-order valence-electron chi connectivity index (χ3n) is 1.54. The van der Waals surface area contributed by atoms with E-state index in [0.717, 1.165) is 11.8 Å². The van der Waals surface area contributed by atoms with Crippen LogP contribution in [0.5, 0.6) is 0 Å². The molecule has 4 nitrogen and oxygen atoms in total. The predicted molar refractivity (Wildman–Crippen MR) is 57.9 cm³/mol. The molecule has 0 heterocycles. The highest BCUT2D eigenvalue weighted by molar-refractivity contribution is 8.14. The Bertz CT molecular complexity index is 277. The van der Waals surface area contributed by atoms with Crippen molar-refractivity contribution in [2.24, 2.45) is 5.73 Å². The fraction of sp³-hybridized carbons (Fsp3) is 0.857. The minimum atomic E-state index is -3.07. The van der Waals surface area contributed by atoms with Crippen molar-refractivity contribution in [3.8, 4) is 0 Å². The van der Waals surface area contributed by atoms with Gasteiger partial charge in [0.2, 0.25) is 0 Å². The van der Waals surface area contributed by atoms with Crippen molar-refractivity contribution in [1.29, 1.82) is 5.41 Å². The zero-order valence-corrected chi connectivity index (χ0v) is 9.76. The van der Waals surface area contributed by atoms with Gasteiger partial charge in [-0.25, -0.2) is 8.42 Å². The van der Waals surface area contributed by atoms with Crippen molar-refractivity contribution < 1.29 is 8.42 Å². The second-order valence-corrected chi connectivity index (χ2v) is 7.64. The van der Waals surface area contributed by atoms with Crippen LogP contribution in [0, 0.1) is 5.41 Å². The number of nitrogens with one attached hydrogen (secondary N) is 1. The molecule has 0 aliphatic rings. The number of sulfone groups is 1. The largest absolute Gasteiger partial charge is 0.379 e. The number of hydrogen-bond donors (Lipinski definition) is 2. The third-order valence-corrected chi connectivity index (χ3v) is 5.13. The third kappa shape index (κ3) is 4.52. The second-order valence-electron chi connectivity index (χ2n) is 3.64. The molecule has 0 aliphatic heterocycles. The lowest BCUT2D eigenvalue weighted by molar-refractivity contribution is 0.562. The SMILES string of the molecule is CC(C)(C)S(=O)(=O)CCSC(=N)N. The van der Waals surface area contributed by atoms with Gasteiger partial charge in [-0.1, -0.05) is 11.8 Å². The molecule has 0 amide bonds. The smallest absolute Gasteiger partial charge is 0.156 e. The summed E-state index contributed by atoms with van der Waals surface area (Å²) in [6.07, 6.45) is 0. The maximum absolute atomic E-state index is 11.5. The summed E-state index contributed by atoms with van der Waals surface area (Å²) in [7, 11) is -3.07. The van der Waals surface area contributed by atoms with Crippen molar-refractivity contribution in [3.63, 3.8) is 0 Å². The van der Waals surface area contributed by atoms with E-state index in [1.807, 2.05) is 0 Å². The quantitative estimate of drug-likeness (QED) is 0.549.